The second-order valence-corrected chi connectivity index (χ2v) is 5.80. The molecule has 0 fully saturated rings. The van der Waals surface area contributed by atoms with Crippen molar-refractivity contribution in [1.29, 1.82) is 5.41 Å². The highest BCUT2D eigenvalue weighted by Crippen LogP contribution is 2.36. The van der Waals surface area contributed by atoms with E-state index in [1.54, 1.807) is 11.8 Å². The number of benzene rings is 2. The van der Waals surface area contributed by atoms with E-state index in [2.05, 4.69) is 15.9 Å². The summed E-state index contributed by atoms with van der Waals surface area (Å²) < 4.78 is 1.05. The van der Waals surface area contributed by atoms with Crippen LogP contribution in [0, 0.1) is 12.3 Å². The van der Waals surface area contributed by atoms with E-state index in [0.717, 1.165) is 25.4 Å². The van der Waals surface area contributed by atoms with Gasteiger partial charge in [0.1, 0.15) is 5.84 Å². The number of aryl methyl sites for hydroxylation is 1. The van der Waals surface area contributed by atoms with Gasteiger partial charge in [-0.1, -0.05) is 42.1 Å². The van der Waals surface area contributed by atoms with E-state index in [1.165, 1.54) is 0 Å². The smallest absolute Gasteiger partial charge is 0.123 e. The van der Waals surface area contributed by atoms with Crippen LogP contribution in [0.3, 0.4) is 0 Å². The molecular weight excluding hydrogens is 308 g/mol. The van der Waals surface area contributed by atoms with Crippen LogP contribution in [0.5, 0.6) is 0 Å². The zero-order valence-corrected chi connectivity index (χ0v) is 12.3. The predicted molar refractivity (Wildman–Crippen MR) is 80.5 cm³/mol. The van der Waals surface area contributed by atoms with E-state index in [0.29, 0.717) is 0 Å². The van der Waals surface area contributed by atoms with Gasteiger partial charge in [0, 0.05) is 19.8 Å². The first-order valence-corrected chi connectivity index (χ1v) is 7.07. The fraction of sp³-hybridized carbons (Fsp3) is 0.0714. The number of hydrogen-bond acceptors (Lipinski definition) is 2. The van der Waals surface area contributed by atoms with Gasteiger partial charge < -0.3 is 5.73 Å². The molecule has 0 heterocycles. The van der Waals surface area contributed by atoms with Crippen molar-refractivity contribution in [2.24, 2.45) is 5.73 Å². The molecule has 0 aliphatic heterocycles. The standard InChI is InChI=1S/C14H13BrN2S/c1-9-5-4-6-10(14(16)17)13(9)18-12-8-3-2-7-11(12)15/h2-8H,1H3,(H3,16,17). The van der Waals surface area contributed by atoms with Crippen molar-refractivity contribution in [3.63, 3.8) is 0 Å². The largest absolute Gasteiger partial charge is 0.384 e. The topological polar surface area (TPSA) is 49.9 Å². The Bertz CT molecular complexity index is 596. The Kier molecular flexibility index (Phi) is 4.09. The monoisotopic (exact) mass is 320 g/mol. The van der Waals surface area contributed by atoms with Gasteiger partial charge in [0.2, 0.25) is 0 Å². The summed E-state index contributed by atoms with van der Waals surface area (Å²) in [6.07, 6.45) is 0. The summed E-state index contributed by atoms with van der Waals surface area (Å²) in [4.78, 5) is 2.16. The van der Waals surface area contributed by atoms with E-state index >= 15 is 0 Å². The van der Waals surface area contributed by atoms with Gasteiger partial charge in [-0.15, -0.1) is 0 Å². The van der Waals surface area contributed by atoms with Crippen LogP contribution in [0.15, 0.2) is 56.7 Å². The molecule has 0 spiro atoms. The molecule has 0 saturated heterocycles. The summed E-state index contributed by atoms with van der Waals surface area (Å²) >= 11 is 5.16. The Morgan fingerprint density at radius 1 is 1.17 bits per heavy atom. The highest BCUT2D eigenvalue weighted by atomic mass is 79.9. The molecule has 2 rings (SSSR count). The first kappa shape index (κ1) is 13.2. The zero-order chi connectivity index (χ0) is 13.1. The van der Waals surface area contributed by atoms with E-state index in [1.807, 2.05) is 49.4 Å². The molecule has 2 aromatic rings. The Balaban J connectivity index is 2.46. The minimum atomic E-state index is 0.105. The quantitative estimate of drug-likeness (QED) is 0.658. The van der Waals surface area contributed by atoms with Crippen LogP contribution >= 0.6 is 27.7 Å². The minimum absolute atomic E-state index is 0.105. The Morgan fingerprint density at radius 2 is 1.89 bits per heavy atom. The number of hydrogen-bond donors (Lipinski definition) is 2. The molecule has 2 nitrogen and oxygen atoms in total. The lowest BCUT2D eigenvalue weighted by molar-refractivity contribution is 1.25. The van der Waals surface area contributed by atoms with Gasteiger partial charge in [0.15, 0.2) is 0 Å². The Hall–Kier alpha value is -1.26. The lowest BCUT2D eigenvalue weighted by Crippen LogP contribution is -2.12. The molecule has 0 amide bonds. The summed E-state index contributed by atoms with van der Waals surface area (Å²) in [7, 11) is 0. The van der Waals surface area contributed by atoms with Crippen molar-refractivity contribution in [3.8, 4) is 0 Å². The lowest BCUT2D eigenvalue weighted by Gasteiger charge is -2.11. The van der Waals surface area contributed by atoms with Crippen molar-refractivity contribution in [1.82, 2.24) is 0 Å². The van der Waals surface area contributed by atoms with Gasteiger partial charge in [-0.25, -0.2) is 0 Å². The molecule has 18 heavy (non-hydrogen) atoms. The van der Waals surface area contributed by atoms with Gasteiger partial charge >= 0.3 is 0 Å². The lowest BCUT2D eigenvalue weighted by atomic mass is 10.1. The van der Waals surface area contributed by atoms with Crippen molar-refractivity contribution < 1.29 is 0 Å². The summed E-state index contributed by atoms with van der Waals surface area (Å²) in [6.45, 7) is 2.03. The first-order valence-electron chi connectivity index (χ1n) is 5.46. The summed E-state index contributed by atoms with van der Waals surface area (Å²) in [5.41, 5.74) is 7.55. The third-order valence-corrected chi connectivity index (χ3v) is 4.83. The maximum Gasteiger partial charge on any atom is 0.123 e. The maximum absolute atomic E-state index is 7.65. The van der Waals surface area contributed by atoms with E-state index in [9.17, 15) is 0 Å². The highest BCUT2D eigenvalue weighted by Gasteiger charge is 2.11. The fourth-order valence-electron chi connectivity index (χ4n) is 1.64. The van der Waals surface area contributed by atoms with Crippen molar-refractivity contribution in [2.75, 3.05) is 0 Å². The molecule has 92 valence electrons. The van der Waals surface area contributed by atoms with Gasteiger partial charge in [0.05, 0.1) is 0 Å². The van der Waals surface area contributed by atoms with Crippen LogP contribution in [0.25, 0.3) is 0 Å². The average molecular weight is 321 g/mol. The van der Waals surface area contributed by atoms with Gasteiger partial charge in [0.25, 0.3) is 0 Å². The molecule has 0 bridgehead atoms. The van der Waals surface area contributed by atoms with Crippen molar-refractivity contribution >= 4 is 33.5 Å². The average Bonchev–Trinajstić information content (AvgIpc) is 2.34. The van der Waals surface area contributed by atoms with Crippen LogP contribution in [-0.4, -0.2) is 5.84 Å². The van der Waals surface area contributed by atoms with Gasteiger partial charge in [-0.2, -0.15) is 0 Å². The summed E-state index contributed by atoms with van der Waals surface area (Å²) in [5.74, 6) is 0.105. The zero-order valence-electron chi connectivity index (χ0n) is 9.91. The fourth-order valence-corrected chi connectivity index (χ4v) is 3.21. The molecule has 4 heteroatoms. The Labute approximate surface area is 119 Å². The SMILES string of the molecule is Cc1cccc(C(=N)N)c1Sc1ccccc1Br. The van der Waals surface area contributed by atoms with Crippen LogP contribution in [0.1, 0.15) is 11.1 Å². The molecule has 0 unspecified atom stereocenters. The molecule has 2 aromatic carbocycles. The highest BCUT2D eigenvalue weighted by molar-refractivity contribution is 9.10. The first-order chi connectivity index (χ1) is 8.59. The molecule has 0 aliphatic carbocycles. The third kappa shape index (κ3) is 2.76. The van der Waals surface area contributed by atoms with Gasteiger partial charge in [-0.3, -0.25) is 5.41 Å². The normalized spacial score (nSPS) is 10.3. The summed E-state index contributed by atoms with van der Waals surface area (Å²) in [6, 6.07) is 13.9. The maximum atomic E-state index is 7.65. The van der Waals surface area contributed by atoms with Gasteiger partial charge in [-0.05, 0) is 40.5 Å². The minimum Gasteiger partial charge on any atom is -0.384 e. The summed E-state index contributed by atoms with van der Waals surface area (Å²) in [5, 5.41) is 7.65. The van der Waals surface area contributed by atoms with E-state index < -0.39 is 0 Å². The number of nitrogens with one attached hydrogen (secondary N) is 1. The van der Waals surface area contributed by atoms with Crippen LogP contribution in [0.2, 0.25) is 0 Å². The molecular formula is C14H13BrN2S. The number of nitrogens with two attached hydrogens (primary N) is 1. The van der Waals surface area contributed by atoms with Crippen LogP contribution in [-0.2, 0) is 0 Å². The van der Waals surface area contributed by atoms with Crippen molar-refractivity contribution in [2.45, 2.75) is 16.7 Å². The molecule has 0 aliphatic rings. The number of nitrogen functional groups attached to an aromatic ring is 1. The third-order valence-electron chi connectivity index (χ3n) is 2.55. The van der Waals surface area contributed by atoms with Crippen LogP contribution in [0.4, 0.5) is 0 Å². The van der Waals surface area contributed by atoms with Crippen molar-refractivity contribution in [3.05, 3.63) is 58.1 Å². The molecule has 0 atom stereocenters. The molecule has 0 saturated carbocycles. The molecule has 0 radical (unpaired) electrons. The van der Waals surface area contributed by atoms with Crippen LogP contribution < -0.4 is 5.73 Å². The molecule has 3 N–H and O–H groups in total. The van der Waals surface area contributed by atoms with E-state index in [-0.39, 0.29) is 5.84 Å². The predicted octanol–water partition coefficient (Wildman–Crippen LogP) is 4.19. The number of rotatable bonds is 3. The van der Waals surface area contributed by atoms with E-state index in [4.69, 9.17) is 11.1 Å². The second-order valence-electron chi connectivity index (χ2n) is 3.90. The number of amidine groups is 1. The number of halogens is 1. The second kappa shape index (κ2) is 5.59. The molecule has 0 aromatic heterocycles. The Morgan fingerprint density at radius 3 is 2.56 bits per heavy atom.